The molecule has 23 heavy (non-hydrogen) atoms. The van der Waals surface area contributed by atoms with Gasteiger partial charge in [-0.1, -0.05) is 0 Å². The third-order valence-corrected chi connectivity index (χ3v) is 5.34. The molecule has 1 heterocycles. The number of carbonyl (C=O) groups is 2. The zero-order valence-corrected chi connectivity index (χ0v) is 13.1. The second-order valence-corrected chi connectivity index (χ2v) is 7.84. The molecule has 1 aliphatic heterocycles. The normalized spacial score (nSPS) is 22.6. The fourth-order valence-electron chi connectivity index (χ4n) is 2.32. The summed E-state index contributed by atoms with van der Waals surface area (Å²) in [5, 5.41) is 2.51. The minimum Gasteiger partial charge on any atom is -0.452 e. The van der Waals surface area contributed by atoms with Gasteiger partial charge in [0.05, 0.1) is 22.6 Å². The maximum Gasteiger partial charge on any atom is 0.338 e. The van der Waals surface area contributed by atoms with E-state index in [0.717, 1.165) is 12.1 Å². The van der Waals surface area contributed by atoms with Crippen molar-refractivity contribution in [2.45, 2.75) is 18.9 Å². The molecule has 0 spiro atoms. The first-order valence-electron chi connectivity index (χ1n) is 6.74. The number of hydrogen-bond donors (Lipinski definition) is 1. The Balaban J connectivity index is 1.89. The number of nitrogens with one attached hydrogen (secondary N) is 1. The van der Waals surface area contributed by atoms with Crippen molar-refractivity contribution in [1.29, 1.82) is 0 Å². The predicted octanol–water partition coefficient (Wildman–Crippen LogP) is 0.815. The lowest BCUT2D eigenvalue weighted by Gasteiger charge is -2.23. The fraction of sp³-hybridized carbons (Fsp3) is 0.429. The summed E-state index contributed by atoms with van der Waals surface area (Å²) < 4.78 is 53.4. The number of sulfone groups is 1. The van der Waals surface area contributed by atoms with Crippen molar-refractivity contribution < 1.29 is 31.5 Å². The summed E-state index contributed by atoms with van der Waals surface area (Å²) in [7, 11) is -3.18. The molecule has 0 unspecified atom stereocenters. The van der Waals surface area contributed by atoms with Gasteiger partial charge in [0.25, 0.3) is 5.91 Å². The van der Waals surface area contributed by atoms with E-state index < -0.39 is 45.5 Å². The quantitative estimate of drug-likeness (QED) is 0.815. The molecule has 0 saturated carbocycles. The van der Waals surface area contributed by atoms with Crippen LogP contribution >= 0.6 is 0 Å². The highest BCUT2D eigenvalue weighted by Crippen LogP contribution is 2.22. The molecule has 1 atom stereocenters. The van der Waals surface area contributed by atoms with E-state index in [-0.39, 0.29) is 23.5 Å². The monoisotopic (exact) mass is 347 g/mol. The first kappa shape index (κ1) is 17.3. The number of carbonyl (C=O) groups excluding carboxylic acids is 2. The van der Waals surface area contributed by atoms with Crippen LogP contribution in [0.1, 0.15) is 23.7 Å². The van der Waals surface area contributed by atoms with Crippen molar-refractivity contribution >= 4 is 21.7 Å². The maximum absolute atomic E-state index is 13.0. The molecule has 0 radical (unpaired) electrons. The minimum atomic E-state index is -3.18. The van der Waals surface area contributed by atoms with Crippen molar-refractivity contribution in [3.05, 3.63) is 35.4 Å². The molecular formula is C14H15F2NO5S. The van der Waals surface area contributed by atoms with Gasteiger partial charge in [-0.05, 0) is 31.5 Å². The zero-order valence-electron chi connectivity index (χ0n) is 12.3. The highest BCUT2D eigenvalue weighted by molar-refractivity contribution is 7.91. The van der Waals surface area contributed by atoms with E-state index in [1.54, 1.807) is 6.92 Å². The summed E-state index contributed by atoms with van der Waals surface area (Å²) in [6, 6.07) is 2.47. The number of rotatable bonds is 4. The van der Waals surface area contributed by atoms with Crippen LogP contribution in [0.3, 0.4) is 0 Å². The summed E-state index contributed by atoms with van der Waals surface area (Å²) in [5.41, 5.74) is -1.13. The van der Waals surface area contributed by atoms with Gasteiger partial charge in [0.2, 0.25) is 0 Å². The third kappa shape index (κ3) is 4.47. The fourth-order valence-corrected chi connectivity index (χ4v) is 4.41. The zero-order chi connectivity index (χ0) is 17.3. The summed E-state index contributed by atoms with van der Waals surface area (Å²) in [4.78, 5) is 23.4. The molecule has 0 aliphatic carbocycles. The summed E-state index contributed by atoms with van der Waals surface area (Å²) in [6.07, 6.45) is 0.276. The van der Waals surface area contributed by atoms with Gasteiger partial charge < -0.3 is 10.1 Å². The van der Waals surface area contributed by atoms with Gasteiger partial charge in [0.15, 0.2) is 28.1 Å². The highest BCUT2D eigenvalue weighted by atomic mass is 32.2. The molecule has 1 fully saturated rings. The lowest BCUT2D eigenvalue weighted by Crippen LogP contribution is -2.48. The molecule has 2 rings (SSSR count). The predicted molar refractivity (Wildman–Crippen MR) is 76.5 cm³/mol. The first-order valence-corrected chi connectivity index (χ1v) is 8.56. The van der Waals surface area contributed by atoms with E-state index in [2.05, 4.69) is 5.32 Å². The lowest BCUT2D eigenvalue weighted by atomic mass is 10.0. The number of benzene rings is 1. The Morgan fingerprint density at radius 2 is 2.00 bits per heavy atom. The molecule has 1 saturated heterocycles. The number of hydrogen-bond acceptors (Lipinski definition) is 5. The van der Waals surface area contributed by atoms with E-state index >= 15 is 0 Å². The van der Waals surface area contributed by atoms with Crippen LogP contribution in [0.4, 0.5) is 8.78 Å². The molecular weight excluding hydrogens is 332 g/mol. The van der Waals surface area contributed by atoms with E-state index in [9.17, 15) is 26.8 Å². The third-order valence-electron chi connectivity index (χ3n) is 3.43. The van der Waals surface area contributed by atoms with Crippen LogP contribution in [-0.4, -0.2) is 43.9 Å². The average molecular weight is 347 g/mol. The van der Waals surface area contributed by atoms with Gasteiger partial charge in [-0.25, -0.2) is 22.0 Å². The lowest BCUT2D eigenvalue weighted by molar-refractivity contribution is -0.125. The molecule has 1 aromatic rings. The highest BCUT2D eigenvalue weighted by Gasteiger charge is 2.39. The number of ether oxygens (including phenoxy) is 1. The molecule has 1 aromatic carbocycles. The van der Waals surface area contributed by atoms with Crippen LogP contribution in [0, 0.1) is 11.6 Å². The molecule has 9 heteroatoms. The molecule has 0 bridgehead atoms. The Labute approximate surface area is 131 Å². The molecule has 1 N–H and O–H groups in total. The Bertz CT molecular complexity index is 750. The van der Waals surface area contributed by atoms with Gasteiger partial charge in [0, 0.05) is 0 Å². The van der Waals surface area contributed by atoms with Crippen molar-refractivity contribution in [3.8, 4) is 0 Å². The van der Waals surface area contributed by atoms with Gasteiger partial charge >= 0.3 is 5.97 Å². The van der Waals surface area contributed by atoms with E-state index in [4.69, 9.17) is 4.74 Å². The minimum absolute atomic E-state index is 0.0155. The second-order valence-electron chi connectivity index (χ2n) is 5.66. The number of amides is 1. The van der Waals surface area contributed by atoms with Crippen LogP contribution in [0.15, 0.2) is 18.2 Å². The van der Waals surface area contributed by atoms with E-state index in [0.29, 0.717) is 6.07 Å². The van der Waals surface area contributed by atoms with Gasteiger partial charge in [0.1, 0.15) is 0 Å². The topological polar surface area (TPSA) is 89.5 Å². The average Bonchev–Trinajstić information content (AvgIpc) is 2.72. The molecule has 1 aliphatic rings. The largest absolute Gasteiger partial charge is 0.452 e. The SMILES string of the molecule is C[C@]1(NC(=O)COC(=O)c2ccc(F)c(F)c2)CCS(=O)(=O)C1. The second kappa shape index (κ2) is 6.23. The first-order chi connectivity index (χ1) is 10.6. The molecule has 126 valence electrons. The Hall–Kier alpha value is -2.03. The smallest absolute Gasteiger partial charge is 0.338 e. The molecule has 0 aromatic heterocycles. The summed E-state index contributed by atoms with van der Waals surface area (Å²) in [5.74, 6) is -4.15. The van der Waals surface area contributed by atoms with Crippen molar-refractivity contribution in [3.63, 3.8) is 0 Å². The molecule has 6 nitrogen and oxygen atoms in total. The van der Waals surface area contributed by atoms with Crippen LogP contribution in [0.25, 0.3) is 0 Å². The standard InChI is InChI=1S/C14H15F2NO5S/c1-14(4-5-23(20,21)8-14)17-12(18)7-22-13(19)9-2-3-10(15)11(16)6-9/h2-3,6H,4-5,7-8H2,1H3,(H,17,18)/t14-/m0/s1. The van der Waals surface area contributed by atoms with Crippen LogP contribution in [0.5, 0.6) is 0 Å². The van der Waals surface area contributed by atoms with Gasteiger partial charge in [-0.2, -0.15) is 0 Å². The van der Waals surface area contributed by atoms with E-state index in [1.807, 2.05) is 0 Å². The van der Waals surface area contributed by atoms with Crippen molar-refractivity contribution in [2.75, 3.05) is 18.1 Å². The van der Waals surface area contributed by atoms with Gasteiger partial charge in [-0.15, -0.1) is 0 Å². The van der Waals surface area contributed by atoms with Crippen LogP contribution < -0.4 is 5.32 Å². The Morgan fingerprint density at radius 1 is 1.30 bits per heavy atom. The van der Waals surface area contributed by atoms with Gasteiger partial charge in [-0.3, -0.25) is 4.79 Å². The van der Waals surface area contributed by atoms with Crippen molar-refractivity contribution in [1.82, 2.24) is 5.32 Å². The Morgan fingerprint density at radius 3 is 2.57 bits per heavy atom. The van der Waals surface area contributed by atoms with Crippen LogP contribution in [-0.2, 0) is 19.4 Å². The summed E-state index contributed by atoms with van der Waals surface area (Å²) >= 11 is 0. The number of halogens is 2. The van der Waals surface area contributed by atoms with Crippen molar-refractivity contribution in [2.24, 2.45) is 0 Å². The maximum atomic E-state index is 13.0. The Kier molecular flexibility index (Phi) is 4.69. The van der Waals surface area contributed by atoms with E-state index in [1.165, 1.54) is 0 Å². The van der Waals surface area contributed by atoms with Crippen LogP contribution in [0.2, 0.25) is 0 Å². The number of esters is 1. The molecule has 1 amide bonds. The summed E-state index contributed by atoms with van der Waals surface area (Å²) in [6.45, 7) is 0.945.